The van der Waals surface area contributed by atoms with Gasteiger partial charge in [-0.15, -0.1) is 0 Å². The first-order valence-electron chi connectivity index (χ1n) is 14.1. The normalized spacial score (nSPS) is 12.3. The number of nitrogens with one attached hydrogen (secondary N) is 3. The van der Waals surface area contributed by atoms with Crippen molar-refractivity contribution < 1.29 is 42.2 Å². The highest BCUT2D eigenvalue weighted by Crippen LogP contribution is 2.32. The van der Waals surface area contributed by atoms with E-state index in [1.165, 1.54) is 41.3 Å². The smallest absolute Gasteiger partial charge is 0.491 e. The van der Waals surface area contributed by atoms with E-state index in [1.807, 2.05) is 0 Å². The van der Waals surface area contributed by atoms with Gasteiger partial charge in [0.1, 0.15) is 17.5 Å². The predicted molar refractivity (Wildman–Crippen MR) is 164 cm³/mol. The summed E-state index contributed by atoms with van der Waals surface area (Å²) >= 11 is 0. The Kier molecular flexibility index (Phi) is 12.1. The minimum atomic E-state index is -5.22. The van der Waals surface area contributed by atoms with Crippen LogP contribution >= 0.6 is 0 Å². The van der Waals surface area contributed by atoms with E-state index in [4.69, 9.17) is 22.6 Å². The molecule has 0 aliphatic carbocycles. The van der Waals surface area contributed by atoms with E-state index in [2.05, 4.69) is 15.4 Å². The number of urea groups is 1. The molecule has 3 rings (SSSR count). The van der Waals surface area contributed by atoms with Crippen LogP contribution in [-0.4, -0.2) is 58.5 Å². The molecule has 4 amide bonds. The molecule has 3 aromatic carbocycles. The lowest BCUT2D eigenvalue weighted by molar-refractivity contribution is -0.189. The van der Waals surface area contributed by atoms with E-state index in [0.717, 1.165) is 12.1 Å². The van der Waals surface area contributed by atoms with Crippen molar-refractivity contribution >= 4 is 29.8 Å². The van der Waals surface area contributed by atoms with E-state index >= 15 is 0 Å². The number of benzene rings is 3. The quantitative estimate of drug-likeness (QED) is 0.0446. The molecule has 0 aromatic heterocycles. The van der Waals surface area contributed by atoms with Crippen LogP contribution in [0.3, 0.4) is 0 Å². The average Bonchev–Trinajstić information content (AvgIpc) is 3.00. The lowest BCUT2D eigenvalue weighted by atomic mass is 9.88. The third kappa shape index (κ3) is 10.7. The number of rotatable bonds is 14. The highest BCUT2D eigenvalue weighted by Gasteiger charge is 2.41. The molecular weight excluding hydrogens is 623 g/mol. The third-order valence-corrected chi connectivity index (χ3v) is 6.93. The highest BCUT2D eigenvalue weighted by molar-refractivity contribution is 5.92. The van der Waals surface area contributed by atoms with Crippen LogP contribution in [0.25, 0.3) is 0 Å². The largest absolute Gasteiger partial charge is 0.508 e. The van der Waals surface area contributed by atoms with Gasteiger partial charge in [-0.2, -0.15) is 13.2 Å². The Morgan fingerprint density at radius 1 is 0.851 bits per heavy atom. The van der Waals surface area contributed by atoms with Crippen molar-refractivity contribution in [2.75, 3.05) is 6.54 Å². The summed E-state index contributed by atoms with van der Waals surface area (Å²) in [5, 5.41) is 22.4. The molecule has 10 N–H and O–H groups in total. The maximum Gasteiger partial charge on any atom is 0.491 e. The zero-order chi connectivity index (χ0) is 34.7. The van der Waals surface area contributed by atoms with Gasteiger partial charge in [0.05, 0.1) is 5.92 Å². The van der Waals surface area contributed by atoms with Crippen molar-refractivity contribution in [2.45, 2.75) is 44.1 Å². The van der Waals surface area contributed by atoms with Crippen LogP contribution in [0.1, 0.15) is 41.0 Å². The predicted octanol–water partition coefficient (Wildman–Crippen LogP) is 2.31. The summed E-state index contributed by atoms with van der Waals surface area (Å²) in [6, 6.07) is 15.4. The number of hydrogen-bond donors (Lipinski definition) is 7. The number of nitrogens with two attached hydrogens (primary N) is 3. The molecule has 0 aliphatic rings. The van der Waals surface area contributed by atoms with Crippen molar-refractivity contribution in [1.82, 2.24) is 15.5 Å². The van der Waals surface area contributed by atoms with Crippen LogP contribution in [0.15, 0.2) is 72.8 Å². The number of ether oxygens (including phenoxy) is 1. The Labute approximate surface area is 267 Å². The van der Waals surface area contributed by atoms with Crippen LogP contribution in [0.2, 0.25) is 0 Å². The molecule has 0 fully saturated rings. The summed E-state index contributed by atoms with van der Waals surface area (Å²) in [5.41, 5.74) is 18.2. The van der Waals surface area contributed by atoms with E-state index in [1.54, 1.807) is 24.3 Å². The first-order valence-corrected chi connectivity index (χ1v) is 14.1. The van der Waals surface area contributed by atoms with E-state index < -0.39 is 47.7 Å². The second-order valence-electron chi connectivity index (χ2n) is 10.4. The number of hydrogen-bond acceptors (Lipinski definition) is 7. The molecule has 1 unspecified atom stereocenters. The molecule has 0 radical (unpaired) electrons. The SMILES string of the molecule is N=C(N)NCCC[C@H](C(N)=O)N(Cc1ccc(CNC(N)=O)cc1)C(=O)C(c1ccc(O)cc1)c1ccc(OC(=O)C(F)(F)F)cc1. The summed E-state index contributed by atoms with van der Waals surface area (Å²) < 4.78 is 42.6. The standard InChI is InChI=1S/C31H34F3N7O6/c32-31(33,34)28(45)47-23-13-9-21(10-14-23)25(20-7-11-22(42)12-8-20)27(44)41(24(26(35)43)2-1-15-39-29(36)37)17-19-5-3-18(4-6-19)16-40-30(38)46/h3-14,24-25,42H,1-2,15-17H2,(H2,35,43)(H4,36,37,39)(H3,38,40,46)/t24-,25?/m1/s1. The number of halogens is 3. The fourth-order valence-corrected chi connectivity index (χ4v) is 4.66. The molecule has 2 atom stereocenters. The molecule has 3 aromatic rings. The van der Waals surface area contributed by atoms with Gasteiger partial charge in [0, 0.05) is 19.6 Å². The van der Waals surface area contributed by atoms with Crippen LogP contribution < -0.4 is 32.6 Å². The lowest BCUT2D eigenvalue weighted by Gasteiger charge is -2.33. The number of alkyl halides is 3. The highest BCUT2D eigenvalue weighted by atomic mass is 19.4. The maximum absolute atomic E-state index is 14.5. The summed E-state index contributed by atoms with van der Waals surface area (Å²) in [4.78, 5) is 51.1. The van der Waals surface area contributed by atoms with Crippen LogP contribution in [0.5, 0.6) is 11.5 Å². The van der Waals surface area contributed by atoms with Crippen LogP contribution in [0.4, 0.5) is 18.0 Å². The monoisotopic (exact) mass is 657 g/mol. The molecule has 0 spiro atoms. The lowest BCUT2D eigenvalue weighted by Crippen LogP contribution is -2.49. The molecular formula is C31H34F3N7O6. The average molecular weight is 658 g/mol. The van der Waals surface area contributed by atoms with Crippen molar-refractivity contribution in [2.24, 2.45) is 17.2 Å². The molecule has 13 nitrogen and oxygen atoms in total. The summed E-state index contributed by atoms with van der Waals surface area (Å²) in [6.07, 6.45) is -4.85. The Balaban J connectivity index is 2.04. The van der Waals surface area contributed by atoms with E-state index in [0.29, 0.717) is 16.7 Å². The number of esters is 1. The van der Waals surface area contributed by atoms with Crippen LogP contribution in [-0.2, 0) is 27.5 Å². The number of nitrogens with zero attached hydrogens (tertiary/aromatic N) is 1. The van der Waals surface area contributed by atoms with Crippen molar-refractivity contribution in [1.29, 1.82) is 5.41 Å². The molecule has 0 saturated heterocycles. The molecule has 0 aliphatic heterocycles. The summed E-state index contributed by atoms with van der Waals surface area (Å²) in [7, 11) is 0. The Hall–Kier alpha value is -5.80. The van der Waals surface area contributed by atoms with Gasteiger partial charge in [-0.1, -0.05) is 48.5 Å². The zero-order valence-electron chi connectivity index (χ0n) is 24.9. The number of primary amides is 2. The first-order chi connectivity index (χ1) is 22.1. The van der Waals surface area contributed by atoms with Gasteiger partial charge in [0.15, 0.2) is 5.96 Å². The number of aromatic hydroxyl groups is 1. The molecule has 47 heavy (non-hydrogen) atoms. The van der Waals surface area contributed by atoms with Crippen molar-refractivity contribution in [3.63, 3.8) is 0 Å². The number of phenolic OH excluding ortho intramolecular Hbond substituents is 1. The fourth-order valence-electron chi connectivity index (χ4n) is 4.66. The summed E-state index contributed by atoms with van der Waals surface area (Å²) in [5.74, 6) is -5.78. The topological polar surface area (TPSA) is 227 Å². The number of phenols is 1. The minimum Gasteiger partial charge on any atom is -0.508 e. The van der Waals surface area contributed by atoms with Gasteiger partial charge in [-0.05, 0) is 59.4 Å². The number of carbonyl (C=O) groups is 4. The van der Waals surface area contributed by atoms with Crippen molar-refractivity contribution in [3.8, 4) is 11.5 Å². The minimum absolute atomic E-state index is 0.0800. The van der Waals surface area contributed by atoms with Gasteiger partial charge in [0.2, 0.25) is 11.8 Å². The third-order valence-electron chi connectivity index (χ3n) is 6.93. The number of amides is 4. The molecule has 0 heterocycles. The van der Waals surface area contributed by atoms with Gasteiger partial charge in [-0.3, -0.25) is 15.0 Å². The molecule has 0 saturated carbocycles. The molecule has 16 heteroatoms. The Morgan fingerprint density at radius 2 is 1.40 bits per heavy atom. The Morgan fingerprint density at radius 3 is 1.91 bits per heavy atom. The van der Waals surface area contributed by atoms with E-state index in [9.17, 15) is 37.5 Å². The maximum atomic E-state index is 14.5. The number of guanidine groups is 1. The van der Waals surface area contributed by atoms with Crippen molar-refractivity contribution in [3.05, 3.63) is 95.1 Å². The number of carbonyl (C=O) groups excluding carboxylic acids is 4. The van der Waals surface area contributed by atoms with Crippen LogP contribution in [0, 0.1) is 5.41 Å². The zero-order valence-corrected chi connectivity index (χ0v) is 24.9. The van der Waals surface area contributed by atoms with Gasteiger partial charge >= 0.3 is 18.2 Å². The second-order valence-corrected chi connectivity index (χ2v) is 10.4. The first kappa shape index (κ1) is 35.7. The second kappa shape index (κ2) is 16.0. The van der Waals surface area contributed by atoms with Gasteiger partial charge < -0.3 is 42.6 Å². The molecule has 250 valence electrons. The Bertz CT molecular complexity index is 1570. The van der Waals surface area contributed by atoms with E-state index in [-0.39, 0.29) is 49.7 Å². The van der Waals surface area contributed by atoms with Gasteiger partial charge in [-0.25, -0.2) is 9.59 Å². The fraction of sp³-hybridized carbons (Fsp3) is 0.258. The molecule has 0 bridgehead atoms. The summed E-state index contributed by atoms with van der Waals surface area (Å²) in [6.45, 7) is 0.261. The van der Waals surface area contributed by atoms with Gasteiger partial charge in [0.25, 0.3) is 0 Å².